The van der Waals surface area contributed by atoms with Gasteiger partial charge in [-0.1, -0.05) is 52.5 Å². The molecule has 0 aliphatic carbocycles. The Morgan fingerprint density at radius 1 is 0.865 bits per heavy atom. The number of hydrazone groups is 1. The molecule has 0 bridgehead atoms. The predicted molar refractivity (Wildman–Crippen MR) is 144 cm³/mol. The Kier molecular flexibility index (Phi) is 9.99. The Labute approximate surface area is 231 Å². The number of ether oxygens (including phenoxy) is 2. The fraction of sp³-hybridized carbons (Fsp3) is 0.0833. The van der Waals surface area contributed by atoms with E-state index in [1.165, 1.54) is 25.5 Å². The van der Waals surface area contributed by atoms with E-state index in [0.717, 1.165) is 0 Å². The molecule has 13 heteroatoms. The molecular weight excluding hydrogens is 566 g/mol. The summed E-state index contributed by atoms with van der Waals surface area (Å²) in [5, 5.41) is 9.79. The van der Waals surface area contributed by atoms with Crippen LogP contribution in [0.4, 0.5) is 11.4 Å². The monoisotopic (exact) mass is 582 g/mol. The summed E-state index contributed by atoms with van der Waals surface area (Å²) in [7, 11) is 1.42. The van der Waals surface area contributed by atoms with Gasteiger partial charge in [-0.2, -0.15) is 5.10 Å². The number of hydrogen-bond donors (Lipinski definition) is 3. The quantitative estimate of drug-likeness (QED) is 0.186. The molecule has 0 saturated heterocycles. The Morgan fingerprint density at radius 3 is 2.38 bits per heavy atom. The van der Waals surface area contributed by atoms with E-state index in [2.05, 4.69) is 21.2 Å². The number of carbonyl (C=O) groups is 3. The third-order valence-corrected chi connectivity index (χ3v) is 5.90. The standard InChI is InChI=1S/C24H18Cl4N4O5/c1-36-20-9-13(11-29-32-24(35)23(34)31-18-4-2-3-15(26)22(18)28)5-8-19(20)37-12-21(33)30-17-7-6-14(25)10-16(17)27/h2-11H,12H2,1H3,(H,30,33)(H,31,34)(H,32,35)/b29-11-. The molecule has 0 saturated carbocycles. The van der Waals surface area contributed by atoms with Gasteiger partial charge in [0.25, 0.3) is 5.91 Å². The second-order valence-corrected chi connectivity index (χ2v) is 8.75. The Hall–Kier alpha value is -3.50. The second-order valence-electron chi connectivity index (χ2n) is 7.13. The van der Waals surface area contributed by atoms with Gasteiger partial charge < -0.3 is 20.1 Å². The topological polar surface area (TPSA) is 118 Å². The number of hydrogen-bond acceptors (Lipinski definition) is 6. The van der Waals surface area contributed by atoms with Gasteiger partial charge in [-0.3, -0.25) is 14.4 Å². The summed E-state index contributed by atoms with van der Waals surface area (Å²) in [6.45, 7) is -0.315. The van der Waals surface area contributed by atoms with Crippen molar-refractivity contribution in [2.45, 2.75) is 0 Å². The number of halogens is 4. The van der Waals surface area contributed by atoms with Crippen molar-refractivity contribution in [1.82, 2.24) is 5.43 Å². The van der Waals surface area contributed by atoms with Gasteiger partial charge in [-0.05, 0) is 54.1 Å². The zero-order valence-electron chi connectivity index (χ0n) is 19.0. The summed E-state index contributed by atoms with van der Waals surface area (Å²) in [6.07, 6.45) is 1.29. The lowest BCUT2D eigenvalue weighted by Crippen LogP contribution is -2.32. The average Bonchev–Trinajstić information content (AvgIpc) is 2.87. The number of anilines is 2. The third-order valence-electron chi connectivity index (χ3n) is 4.54. The maximum absolute atomic E-state index is 12.2. The number of amides is 3. The number of nitrogens with zero attached hydrogens (tertiary/aromatic N) is 1. The number of rotatable bonds is 8. The minimum absolute atomic E-state index is 0.106. The van der Waals surface area contributed by atoms with Crippen molar-refractivity contribution >= 4 is 81.7 Å². The molecule has 0 aromatic heterocycles. The van der Waals surface area contributed by atoms with Gasteiger partial charge >= 0.3 is 11.8 Å². The first-order valence-electron chi connectivity index (χ1n) is 10.3. The third kappa shape index (κ3) is 7.99. The van der Waals surface area contributed by atoms with E-state index in [4.69, 9.17) is 55.9 Å². The van der Waals surface area contributed by atoms with Crippen molar-refractivity contribution in [2.75, 3.05) is 24.4 Å². The van der Waals surface area contributed by atoms with Crippen molar-refractivity contribution in [3.63, 3.8) is 0 Å². The average molecular weight is 584 g/mol. The normalized spacial score (nSPS) is 10.6. The number of carbonyl (C=O) groups excluding carboxylic acids is 3. The predicted octanol–water partition coefficient (Wildman–Crippen LogP) is 5.42. The smallest absolute Gasteiger partial charge is 0.329 e. The summed E-state index contributed by atoms with van der Waals surface area (Å²) >= 11 is 23.8. The van der Waals surface area contributed by atoms with Crippen LogP contribution in [0.3, 0.4) is 0 Å². The first-order valence-corrected chi connectivity index (χ1v) is 11.8. The molecule has 3 rings (SSSR count). The fourth-order valence-electron chi connectivity index (χ4n) is 2.80. The zero-order chi connectivity index (χ0) is 26.9. The van der Waals surface area contributed by atoms with Crippen molar-refractivity contribution in [1.29, 1.82) is 0 Å². The molecule has 0 radical (unpaired) electrons. The molecule has 37 heavy (non-hydrogen) atoms. The van der Waals surface area contributed by atoms with Gasteiger partial charge in [0.1, 0.15) is 0 Å². The molecule has 0 heterocycles. The molecule has 0 aliphatic rings. The van der Waals surface area contributed by atoms with E-state index >= 15 is 0 Å². The lowest BCUT2D eigenvalue weighted by Gasteiger charge is -2.12. The minimum atomic E-state index is -1.02. The van der Waals surface area contributed by atoms with Crippen LogP contribution in [0.5, 0.6) is 11.5 Å². The van der Waals surface area contributed by atoms with Crippen LogP contribution >= 0.6 is 46.4 Å². The summed E-state index contributed by atoms with van der Waals surface area (Å²) in [5.41, 5.74) is 3.20. The Morgan fingerprint density at radius 2 is 1.65 bits per heavy atom. The Bertz CT molecular complexity index is 1370. The highest BCUT2D eigenvalue weighted by atomic mass is 35.5. The van der Waals surface area contributed by atoms with Crippen molar-refractivity contribution in [3.8, 4) is 11.5 Å². The van der Waals surface area contributed by atoms with Crippen LogP contribution in [0.2, 0.25) is 20.1 Å². The highest BCUT2D eigenvalue weighted by Crippen LogP contribution is 2.30. The van der Waals surface area contributed by atoms with E-state index in [-0.39, 0.29) is 22.3 Å². The van der Waals surface area contributed by atoms with Crippen molar-refractivity contribution in [3.05, 3.63) is 80.3 Å². The van der Waals surface area contributed by atoms with Crippen LogP contribution in [0.1, 0.15) is 5.56 Å². The molecular formula is C24H18Cl4N4O5. The fourth-order valence-corrected chi connectivity index (χ4v) is 3.60. The van der Waals surface area contributed by atoms with Crippen LogP contribution in [0.25, 0.3) is 0 Å². The zero-order valence-corrected chi connectivity index (χ0v) is 22.0. The molecule has 0 atom stereocenters. The van der Waals surface area contributed by atoms with Gasteiger partial charge in [0.05, 0.1) is 39.8 Å². The summed E-state index contributed by atoms with van der Waals surface area (Å²) in [6, 6.07) is 14.0. The van der Waals surface area contributed by atoms with Crippen LogP contribution in [0.15, 0.2) is 59.7 Å². The number of methoxy groups -OCH3 is 1. The van der Waals surface area contributed by atoms with E-state index in [1.54, 1.807) is 42.5 Å². The number of nitrogens with one attached hydrogen (secondary N) is 3. The highest BCUT2D eigenvalue weighted by molar-refractivity contribution is 6.45. The highest BCUT2D eigenvalue weighted by Gasteiger charge is 2.15. The molecule has 0 unspecified atom stereocenters. The summed E-state index contributed by atoms with van der Waals surface area (Å²) in [5.74, 6) is -1.86. The van der Waals surface area contributed by atoms with Gasteiger partial charge in [-0.15, -0.1) is 0 Å². The second kappa shape index (κ2) is 13.2. The van der Waals surface area contributed by atoms with Crippen molar-refractivity contribution in [2.24, 2.45) is 5.10 Å². The maximum Gasteiger partial charge on any atom is 0.329 e. The van der Waals surface area contributed by atoms with Crippen LogP contribution < -0.4 is 25.5 Å². The molecule has 0 fully saturated rings. The van der Waals surface area contributed by atoms with Crippen LogP contribution in [-0.2, 0) is 14.4 Å². The first-order chi connectivity index (χ1) is 17.7. The molecule has 3 N–H and O–H groups in total. The van der Waals surface area contributed by atoms with Crippen LogP contribution in [0, 0.1) is 0 Å². The van der Waals surface area contributed by atoms with Crippen molar-refractivity contribution < 1.29 is 23.9 Å². The van der Waals surface area contributed by atoms with E-state index in [1.807, 2.05) is 0 Å². The summed E-state index contributed by atoms with van der Waals surface area (Å²) in [4.78, 5) is 36.3. The molecule has 3 aromatic carbocycles. The van der Waals surface area contributed by atoms with E-state index in [9.17, 15) is 14.4 Å². The van der Waals surface area contributed by atoms with E-state index < -0.39 is 17.7 Å². The molecule has 3 aromatic rings. The molecule has 0 spiro atoms. The van der Waals surface area contributed by atoms with Crippen LogP contribution in [-0.4, -0.2) is 37.7 Å². The van der Waals surface area contributed by atoms with Gasteiger partial charge in [-0.25, -0.2) is 5.43 Å². The van der Waals surface area contributed by atoms with Gasteiger partial charge in [0.2, 0.25) is 0 Å². The van der Waals surface area contributed by atoms with E-state index in [0.29, 0.717) is 32.8 Å². The van der Waals surface area contributed by atoms with Gasteiger partial charge in [0, 0.05) is 5.02 Å². The lowest BCUT2D eigenvalue weighted by atomic mass is 10.2. The minimum Gasteiger partial charge on any atom is -0.493 e. The maximum atomic E-state index is 12.2. The van der Waals surface area contributed by atoms with Gasteiger partial charge in [0.15, 0.2) is 18.1 Å². The molecule has 192 valence electrons. The first kappa shape index (κ1) is 28.1. The molecule has 3 amide bonds. The SMILES string of the molecule is COc1cc(/C=N\NC(=O)C(=O)Nc2cccc(Cl)c2Cl)ccc1OCC(=O)Nc1ccc(Cl)cc1Cl. The number of benzene rings is 3. The lowest BCUT2D eigenvalue weighted by molar-refractivity contribution is -0.136. The molecule has 9 nitrogen and oxygen atoms in total. The Balaban J connectivity index is 1.55. The summed E-state index contributed by atoms with van der Waals surface area (Å²) < 4.78 is 10.8. The molecule has 0 aliphatic heterocycles. The largest absolute Gasteiger partial charge is 0.493 e.